The van der Waals surface area contributed by atoms with Crippen LogP contribution in [-0.4, -0.2) is 12.5 Å². The molecule has 21 heavy (non-hydrogen) atoms. The first-order valence-electron chi connectivity index (χ1n) is 7.60. The second kappa shape index (κ2) is 7.80. The van der Waals surface area contributed by atoms with Crippen molar-refractivity contribution in [3.8, 4) is 11.8 Å². The van der Waals surface area contributed by atoms with Crippen molar-refractivity contribution in [2.75, 3.05) is 6.54 Å². The van der Waals surface area contributed by atoms with Crippen molar-refractivity contribution in [3.63, 3.8) is 0 Å². The molecule has 0 unspecified atom stereocenters. The highest BCUT2D eigenvalue weighted by atomic mass is 16.5. The van der Waals surface area contributed by atoms with Crippen molar-refractivity contribution in [2.45, 2.75) is 38.5 Å². The molecule has 0 bridgehead atoms. The quantitative estimate of drug-likeness (QED) is 0.667. The van der Waals surface area contributed by atoms with E-state index in [0.29, 0.717) is 24.6 Å². The maximum Gasteiger partial charge on any atom is 0.314 e. The van der Waals surface area contributed by atoms with Gasteiger partial charge in [0.1, 0.15) is 5.75 Å². The van der Waals surface area contributed by atoms with E-state index in [2.05, 4.69) is 6.07 Å². The van der Waals surface area contributed by atoms with Gasteiger partial charge in [-0.15, -0.1) is 0 Å². The molecule has 0 spiro atoms. The molecule has 2 N–H and O–H groups in total. The van der Waals surface area contributed by atoms with Crippen LogP contribution in [0.5, 0.6) is 5.75 Å². The molecule has 1 aliphatic carbocycles. The number of aryl methyl sites for hydroxylation is 1. The number of carbonyl (C=O) groups excluding carboxylic acids is 1. The van der Waals surface area contributed by atoms with Crippen LogP contribution in [0, 0.1) is 23.2 Å². The summed E-state index contributed by atoms with van der Waals surface area (Å²) in [4.78, 5) is 12.1. The summed E-state index contributed by atoms with van der Waals surface area (Å²) in [7, 11) is 0. The molecular formula is C17H22N2O2. The topological polar surface area (TPSA) is 76.1 Å². The molecule has 2 rings (SSSR count). The van der Waals surface area contributed by atoms with E-state index in [1.807, 2.05) is 12.1 Å². The number of hydrogen-bond donors (Lipinski definition) is 1. The summed E-state index contributed by atoms with van der Waals surface area (Å²) in [6, 6.07) is 9.54. The Bertz CT molecular complexity index is 497. The number of carbonyl (C=O) groups is 1. The summed E-state index contributed by atoms with van der Waals surface area (Å²) in [6.07, 6.45) is 5.02. The Morgan fingerprint density at radius 2 is 1.90 bits per heavy atom. The number of benzene rings is 1. The van der Waals surface area contributed by atoms with Crippen molar-refractivity contribution in [3.05, 3.63) is 29.8 Å². The molecular weight excluding hydrogens is 264 g/mol. The van der Waals surface area contributed by atoms with Gasteiger partial charge in [-0.3, -0.25) is 4.79 Å². The third-order valence-corrected chi connectivity index (χ3v) is 4.18. The average Bonchev–Trinajstić information content (AvgIpc) is 2.54. The first kappa shape index (κ1) is 15.5. The molecule has 1 aromatic rings. The van der Waals surface area contributed by atoms with Gasteiger partial charge in [-0.25, -0.2) is 0 Å². The van der Waals surface area contributed by atoms with Gasteiger partial charge in [0, 0.05) is 6.42 Å². The number of ether oxygens (including phenoxy) is 1. The Balaban J connectivity index is 1.84. The lowest BCUT2D eigenvalue weighted by molar-refractivity contribution is -0.140. The summed E-state index contributed by atoms with van der Waals surface area (Å²) in [6.45, 7) is 0.714. The molecule has 4 heteroatoms. The molecule has 112 valence electrons. The van der Waals surface area contributed by atoms with E-state index in [4.69, 9.17) is 15.7 Å². The fourth-order valence-corrected chi connectivity index (χ4v) is 2.76. The summed E-state index contributed by atoms with van der Waals surface area (Å²) in [5.74, 6) is 1.02. The second-order valence-electron chi connectivity index (χ2n) is 5.68. The van der Waals surface area contributed by atoms with Crippen molar-refractivity contribution in [2.24, 2.45) is 17.6 Å². The van der Waals surface area contributed by atoms with Gasteiger partial charge in [0.2, 0.25) is 0 Å². The van der Waals surface area contributed by atoms with E-state index in [1.54, 1.807) is 12.1 Å². The lowest BCUT2D eigenvalue weighted by Crippen LogP contribution is -2.28. The smallest absolute Gasteiger partial charge is 0.314 e. The maximum atomic E-state index is 12.1. The lowest BCUT2D eigenvalue weighted by Gasteiger charge is -2.26. The Morgan fingerprint density at radius 1 is 1.24 bits per heavy atom. The number of esters is 1. The van der Waals surface area contributed by atoms with Gasteiger partial charge in [0.25, 0.3) is 0 Å². The van der Waals surface area contributed by atoms with Crippen molar-refractivity contribution in [1.29, 1.82) is 5.26 Å². The minimum atomic E-state index is -0.129. The fourth-order valence-electron chi connectivity index (χ4n) is 2.76. The summed E-state index contributed by atoms with van der Waals surface area (Å²) < 4.78 is 5.45. The Kier molecular flexibility index (Phi) is 5.77. The minimum Gasteiger partial charge on any atom is -0.426 e. The third kappa shape index (κ3) is 4.57. The molecule has 1 saturated carbocycles. The molecule has 1 fully saturated rings. The average molecular weight is 286 g/mol. The molecule has 1 aromatic carbocycles. The van der Waals surface area contributed by atoms with Gasteiger partial charge in [0.05, 0.1) is 12.0 Å². The van der Waals surface area contributed by atoms with Gasteiger partial charge in [0.15, 0.2) is 0 Å². The molecule has 1 aliphatic rings. The van der Waals surface area contributed by atoms with Crippen molar-refractivity contribution < 1.29 is 9.53 Å². The highest BCUT2D eigenvalue weighted by Crippen LogP contribution is 2.29. The van der Waals surface area contributed by atoms with Gasteiger partial charge < -0.3 is 10.5 Å². The van der Waals surface area contributed by atoms with E-state index in [9.17, 15) is 4.79 Å². The van der Waals surface area contributed by atoms with Crippen molar-refractivity contribution in [1.82, 2.24) is 0 Å². The summed E-state index contributed by atoms with van der Waals surface area (Å²) in [5, 5.41) is 8.55. The van der Waals surface area contributed by atoms with Crippen LogP contribution in [0.1, 0.15) is 37.7 Å². The highest BCUT2D eigenvalue weighted by Gasteiger charge is 2.27. The number of nitrogens with zero attached hydrogens (tertiary/aromatic N) is 1. The molecule has 0 saturated heterocycles. The van der Waals surface area contributed by atoms with Crippen LogP contribution in [-0.2, 0) is 11.2 Å². The number of nitrogens with two attached hydrogens (primary N) is 1. The van der Waals surface area contributed by atoms with Gasteiger partial charge in [-0.05, 0) is 62.3 Å². The maximum absolute atomic E-state index is 12.1. The van der Waals surface area contributed by atoms with E-state index in [0.717, 1.165) is 37.7 Å². The Labute approximate surface area is 125 Å². The molecule has 0 aromatic heterocycles. The molecule has 0 radical (unpaired) electrons. The Hall–Kier alpha value is -1.86. The lowest BCUT2D eigenvalue weighted by atomic mass is 9.82. The second-order valence-corrected chi connectivity index (χ2v) is 5.68. The molecule has 4 nitrogen and oxygen atoms in total. The van der Waals surface area contributed by atoms with Crippen LogP contribution in [0.4, 0.5) is 0 Å². The fraction of sp³-hybridized carbons (Fsp3) is 0.529. The van der Waals surface area contributed by atoms with Crippen molar-refractivity contribution >= 4 is 5.97 Å². The summed E-state index contributed by atoms with van der Waals surface area (Å²) >= 11 is 0. The minimum absolute atomic E-state index is 0.00562. The van der Waals surface area contributed by atoms with E-state index in [1.165, 1.54) is 0 Å². The predicted octanol–water partition coefficient (Wildman–Crippen LogP) is 2.81. The zero-order chi connectivity index (χ0) is 15.1. The highest BCUT2D eigenvalue weighted by molar-refractivity contribution is 5.75. The van der Waals surface area contributed by atoms with E-state index >= 15 is 0 Å². The molecule has 0 amide bonds. The predicted molar refractivity (Wildman–Crippen MR) is 80.5 cm³/mol. The monoisotopic (exact) mass is 286 g/mol. The van der Waals surface area contributed by atoms with Crippen LogP contribution in [0.3, 0.4) is 0 Å². The first-order chi connectivity index (χ1) is 10.2. The van der Waals surface area contributed by atoms with Gasteiger partial charge >= 0.3 is 5.97 Å². The molecule has 0 atom stereocenters. The van der Waals surface area contributed by atoms with Crippen LogP contribution in [0.25, 0.3) is 0 Å². The number of nitriles is 1. The van der Waals surface area contributed by atoms with Gasteiger partial charge in [-0.1, -0.05) is 12.1 Å². The molecule has 0 heterocycles. The first-order valence-corrected chi connectivity index (χ1v) is 7.60. The standard InChI is InChI=1S/C17H22N2O2/c18-11-1-2-13-5-9-16(10-6-13)21-17(20)15-7-3-14(12-19)4-8-15/h5-6,9-10,14-15H,1-4,7-8,12,19H2. The van der Waals surface area contributed by atoms with Gasteiger partial charge in [-0.2, -0.15) is 5.26 Å². The largest absolute Gasteiger partial charge is 0.426 e. The SMILES string of the molecule is N#CCCc1ccc(OC(=O)C2CCC(CN)CC2)cc1. The number of hydrogen-bond acceptors (Lipinski definition) is 4. The zero-order valence-electron chi connectivity index (χ0n) is 12.3. The molecule has 0 aliphatic heterocycles. The number of rotatable bonds is 5. The Morgan fingerprint density at radius 3 is 2.48 bits per heavy atom. The van der Waals surface area contributed by atoms with Crippen LogP contribution >= 0.6 is 0 Å². The van der Waals surface area contributed by atoms with Crippen LogP contribution < -0.4 is 10.5 Å². The normalized spacial score (nSPS) is 21.5. The third-order valence-electron chi connectivity index (χ3n) is 4.18. The van der Waals surface area contributed by atoms with E-state index in [-0.39, 0.29) is 11.9 Å². The van der Waals surface area contributed by atoms with Crippen LogP contribution in [0.2, 0.25) is 0 Å². The zero-order valence-corrected chi connectivity index (χ0v) is 12.3. The van der Waals surface area contributed by atoms with E-state index < -0.39 is 0 Å². The summed E-state index contributed by atoms with van der Waals surface area (Å²) in [5.41, 5.74) is 6.74. The van der Waals surface area contributed by atoms with Crippen LogP contribution in [0.15, 0.2) is 24.3 Å².